The molecular formula is C21H25NO4. The van der Waals surface area contributed by atoms with Crippen LogP contribution in [0.2, 0.25) is 0 Å². The highest BCUT2D eigenvalue weighted by molar-refractivity contribution is 5.99. The van der Waals surface area contributed by atoms with E-state index < -0.39 is 5.97 Å². The Morgan fingerprint density at radius 3 is 2.50 bits per heavy atom. The first kappa shape index (κ1) is 18.2. The zero-order valence-electron chi connectivity index (χ0n) is 15.3. The summed E-state index contributed by atoms with van der Waals surface area (Å²) in [4.78, 5) is 24.6. The Morgan fingerprint density at radius 1 is 1.12 bits per heavy atom. The topological polar surface area (TPSA) is 64.6 Å². The van der Waals surface area contributed by atoms with Crippen LogP contribution in [0, 0.1) is 5.92 Å². The Balaban J connectivity index is 1.64. The molecule has 5 nitrogen and oxygen atoms in total. The van der Waals surface area contributed by atoms with Gasteiger partial charge in [0.1, 0.15) is 11.3 Å². The van der Waals surface area contributed by atoms with Gasteiger partial charge in [-0.05, 0) is 41.7 Å². The lowest BCUT2D eigenvalue weighted by Gasteiger charge is -2.29. The van der Waals surface area contributed by atoms with Gasteiger partial charge in [0, 0.05) is 6.04 Å². The summed E-state index contributed by atoms with van der Waals surface area (Å²) in [6.07, 6.45) is 4.45. The molecule has 1 aliphatic carbocycles. The second-order valence-corrected chi connectivity index (χ2v) is 6.91. The zero-order chi connectivity index (χ0) is 18.5. The van der Waals surface area contributed by atoms with Crippen molar-refractivity contribution < 1.29 is 19.1 Å². The van der Waals surface area contributed by atoms with Gasteiger partial charge in [-0.1, -0.05) is 44.0 Å². The predicted molar refractivity (Wildman–Crippen MR) is 100 cm³/mol. The van der Waals surface area contributed by atoms with Crippen molar-refractivity contribution in [2.45, 2.75) is 38.6 Å². The molecule has 0 saturated heterocycles. The Hall–Kier alpha value is -2.56. The van der Waals surface area contributed by atoms with E-state index in [1.54, 1.807) is 12.1 Å². The number of fused-ring (bicyclic) bond motifs is 1. The average molecular weight is 355 g/mol. The Morgan fingerprint density at radius 2 is 1.81 bits per heavy atom. The summed E-state index contributed by atoms with van der Waals surface area (Å²) in [5.41, 5.74) is 0.324. The molecule has 0 heterocycles. The van der Waals surface area contributed by atoms with Gasteiger partial charge in [-0.2, -0.15) is 0 Å². The van der Waals surface area contributed by atoms with Gasteiger partial charge in [0.05, 0.1) is 7.11 Å². The maximum Gasteiger partial charge on any atom is 0.342 e. The monoisotopic (exact) mass is 355 g/mol. The average Bonchev–Trinajstić information content (AvgIpc) is 2.66. The number of benzene rings is 2. The van der Waals surface area contributed by atoms with Crippen LogP contribution >= 0.6 is 0 Å². The maximum absolute atomic E-state index is 12.4. The number of rotatable bonds is 5. The molecule has 26 heavy (non-hydrogen) atoms. The normalized spacial score (nSPS) is 19.8. The molecule has 2 atom stereocenters. The predicted octanol–water partition coefficient (Wildman–Crippen LogP) is 3.70. The van der Waals surface area contributed by atoms with Crippen LogP contribution in [0.5, 0.6) is 5.75 Å². The van der Waals surface area contributed by atoms with Gasteiger partial charge in [-0.25, -0.2) is 4.79 Å². The molecule has 0 radical (unpaired) electrons. The number of ether oxygens (including phenoxy) is 2. The SMILES string of the molecule is COc1cc2ccccc2cc1C(=O)OCC(=O)N[C@H]1CCCC[C@@H]1C. The number of amides is 1. The van der Waals surface area contributed by atoms with E-state index in [4.69, 9.17) is 9.47 Å². The minimum Gasteiger partial charge on any atom is -0.496 e. The van der Waals surface area contributed by atoms with E-state index in [0.717, 1.165) is 30.0 Å². The molecule has 1 N–H and O–H groups in total. The fraction of sp³-hybridized carbons (Fsp3) is 0.429. The van der Waals surface area contributed by atoms with E-state index in [1.165, 1.54) is 13.5 Å². The number of methoxy groups -OCH3 is 1. The molecule has 2 aromatic rings. The van der Waals surface area contributed by atoms with Gasteiger partial charge >= 0.3 is 5.97 Å². The third-order valence-electron chi connectivity index (χ3n) is 5.08. The minimum atomic E-state index is -0.556. The van der Waals surface area contributed by atoms with Crippen molar-refractivity contribution in [3.63, 3.8) is 0 Å². The van der Waals surface area contributed by atoms with Crippen molar-refractivity contribution in [2.24, 2.45) is 5.92 Å². The first-order valence-electron chi connectivity index (χ1n) is 9.11. The van der Waals surface area contributed by atoms with Gasteiger partial charge in [0.15, 0.2) is 6.61 Å². The number of esters is 1. The van der Waals surface area contributed by atoms with E-state index in [9.17, 15) is 9.59 Å². The van der Waals surface area contributed by atoms with E-state index >= 15 is 0 Å². The number of carbonyl (C=O) groups excluding carboxylic acids is 2. The minimum absolute atomic E-state index is 0.171. The molecule has 1 fully saturated rings. The molecule has 5 heteroatoms. The van der Waals surface area contributed by atoms with Crippen LogP contribution in [0.25, 0.3) is 10.8 Å². The molecule has 138 valence electrons. The summed E-state index contributed by atoms with van der Waals surface area (Å²) in [5.74, 6) is 0.0929. The zero-order valence-corrected chi connectivity index (χ0v) is 15.3. The molecule has 0 aliphatic heterocycles. The third kappa shape index (κ3) is 4.15. The molecule has 3 rings (SSSR count). The van der Waals surface area contributed by atoms with Crippen LogP contribution in [0.1, 0.15) is 43.0 Å². The summed E-state index contributed by atoms with van der Waals surface area (Å²) < 4.78 is 10.5. The van der Waals surface area contributed by atoms with Crippen LogP contribution < -0.4 is 10.1 Å². The lowest BCUT2D eigenvalue weighted by atomic mass is 9.86. The van der Waals surface area contributed by atoms with Crippen LogP contribution in [-0.2, 0) is 9.53 Å². The summed E-state index contributed by atoms with van der Waals surface area (Å²) >= 11 is 0. The summed E-state index contributed by atoms with van der Waals surface area (Å²) in [5, 5.41) is 4.88. The maximum atomic E-state index is 12.4. The van der Waals surface area contributed by atoms with Gasteiger partial charge < -0.3 is 14.8 Å². The highest BCUT2D eigenvalue weighted by Gasteiger charge is 2.23. The molecule has 0 aromatic heterocycles. The lowest BCUT2D eigenvalue weighted by molar-refractivity contribution is -0.125. The third-order valence-corrected chi connectivity index (χ3v) is 5.08. The molecule has 1 aliphatic rings. The summed E-state index contributed by atoms with van der Waals surface area (Å²) in [6.45, 7) is 1.87. The molecule has 1 saturated carbocycles. The molecular weight excluding hydrogens is 330 g/mol. The summed E-state index contributed by atoms with van der Waals surface area (Å²) in [7, 11) is 1.51. The van der Waals surface area contributed by atoms with Crippen LogP contribution in [0.15, 0.2) is 36.4 Å². The largest absolute Gasteiger partial charge is 0.496 e. The van der Waals surface area contributed by atoms with Crippen molar-refractivity contribution in [1.29, 1.82) is 0 Å². The van der Waals surface area contributed by atoms with E-state index in [1.807, 2.05) is 24.3 Å². The smallest absolute Gasteiger partial charge is 0.342 e. The lowest BCUT2D eigenvalue weighted by Crippen LogP contribution is -2.42. The van der Waals surface area contributed by atoms with Crippen molar-refractivity contribution in [3.05, 3.63) is 42.0 Å². The Labute approximate surface area is 153 Å². The quantitative estimate of drug-likeness (QED) is 0.831. The van der Waals surface area contributed by atoms with E-state index in [2.05, 4.69) is 12.2 Å². The van der Waals surface area contributed by atoms with E-state index in [0.29, 0.717) is 17.2 Å². The highest BCUT2D eigenvalue weighted by atomic mass is 16.5. The Bertz CT molecular complexity index is 802. The second-order valence-electron chi connectivity index (χ2n) is 6.91. The molecule has 0 spiro atoms. The number of hydrogen-bond acceptors (Lipinski definition) is 4. The molecule has 2 aromatic carbocycles. The standard InChI is InChI=1S/C21H25NO4/c1-14-7-3-6-10-18(14)22-20(23)13-26-21(24)17-11-15-8-4-5-9-16(15)12-19(17)25-2/h4-5,8-9,11-12,14,18H,3,6-7,10,13H2,1-2H3,(H,22,23)/t14-,18-/m0/s1. The van der Waals surface area contributed by atoms with Gasteiger partial charge in [0.25, 0.3) is 5.91 Å². The first-order chi connectivity index (χ1) is 12.6. The molecule has 0 bridgehead atoms. The van der Waals surface area contributed by atoms with Crippen LogP contribution in [0.4, 0.5) is 0 Å². The van der Waals surface area contributed by atoms with Gasteiger partial charge in [-0.15, -0.1) is 0 Å². The fourth-order valence-electron chi connectivity index (χ4n) is 3.54. The number of carbonyl (C=O) groups is 2. The van der Waals surface area contributed by atoms with Crippen molar-refractivity contribution in [2.75, 3.05) is 13.7 Å². The van der Waals surface area contributed by atoms with Crippen LogP contribution in [-0.4, -0.2) is 31.6 Å². The summed E-state index contributed by atoms with van der Waals surface area (Å²) in [6, 6.07) is 11.4. The van der Waals surface area contributed by atoms with Crippen molar-refractivity contribution in [1.82, 2.24) is 5.32 Å². The van der Waals surface area contributed by atoms with Gasteiger partial charge in [-0.3, -0.25) is 4.79 Å². The molecule has 0 unspecified atom stereocenters. The molecule has 1 amide bonds. The van der Waals surface area contributed by atoms with Gasteiger partial charge in [0.2, 0.25) is 0 Å². The first-order valence-corrected chi connectivity index (χ1v) is 9.11. The number of nitrogens with one attached hydrogen (secondary N) is 1. The Kier molecular flexibility index (Phi) is 5.76. The second kappa shape index (κ2) is 8.21. The highest BCUT2D eigenvalue weighted by Crippen LogP contribution is 2.27. The van der Waals surface area contributed by atoms with E-state index in [-0.39, 0.29) is 18.6 Å². The fourth-order valence-corrected chi connectivity index (χ4v) is 3.54. The number of hydrogen-bond donors (Lipinski definition) is 1. The van der Waals surface area contributed by atoms with Crippen molar-refractivity contribution in [3.8, 4) is 5.75 Å². The van der Waals surface area contributed by atoms with Crippen molar-refractivity contribution >= 4 is 22.6 Å². The van der Waals surface area contributed by atoms with Crippen LogP contribution in [0.3, 0.4) is 0 Å².